The van der Waals surface area contributed by atoms with Crippen LogP contribution in [0, 0.1) is 0 Å². The Balaban J connectivity index is 1.61. The molecule has 29 heavy (non-hydrogen) atoms. The topological polar surface area (TPSA) is 64.6 Å². The molecule has 3 rings (SSSR count). The first-order chi connectivity index (χ1) is 14.1. The molecule has 0 aliphatic rings. The highest BCUT2D eigenvalue weighted by molar-refractivity contribution is 6.30. The maximum atomic E-state index is 12.5. The van der Waals surface area contributed by atoms with Crippen LogP contribution in [0.1, 0.15) is 22.8 Å². The van der Waals surface area contributed by atoms with E-state index in [1.54, 1.807) is 0 Å². The van der Waals surface area contributed by atoms with Gasteiger partial charge in [-0.3, -0.25) is 5.32 Å². The molecule has 1 amide bonds. The number of carbonyl (C=O) groups excluding carboxylic acids is 2. The van der Waals surface area contributed by atoms with E-state index in [9.17, 15) is 9.59 Å². The predicted molar refractivity (Wildman–Crippen MR) is 110 cm³/mol. The van der Waals surface area contributed by atoms with Gasteiger partial charge < -0.3 is 9.47 Å². The minimum atomic E-state index is -1.38. The molecular formula is C23H20ClNO4. The number of nitrogens with one attached hydrogen (secondary N) is 1. The number of ether oxygens (including phenoxy) is 2. The molecule has 0 spiro atoms. The van der Waals surface area contributed by atoms with Crippen molar-refractivity contribution < 1.29 is 19.1 Å². The van der Waals surface area contributed by atoms with E-state index in [2.05, 4.69) is 5.32 Å². The summed E-state index contributed by atoms with van der Waals surface area (Å²) in [5, 5.41) is 2.29. The molecule has 3 aromatic carbocycles. The summed E-state index contributed by atoms with van der Waals surface area (Å²) in [5.74, 6) is -0.777. The fraction of sp³-hybridized carbons (Fsp3) is 0.130. The molecule has 6 heteroatoms. The number of halogens is 1. The Morgan fingerprint density at radius 3 is 1.79 bits per heavy atom. The van der Waals surface area contributed by atoms with Crippen LogP contribution < -0.4 is 5.32 Å². The Morgan fingerprint density at radius 2 is 1.28 bits per heavy atom. The molecule has 0 fully saturated rings. The molecular weight excluding hydrogens is 390 g/mol. The maximum absolute atomic E-state index is 12.5. The van der Waals surface area contributed by atoms with Gasteiger partial charge >= 0.3 is 12.1 Å². The predicted octanol–water partition coefficient (Wildman–Crippen LogP) is 4.81. The first-order valence-electron chi connectivity index (χ1n) is 9.05. The third kappa shape index (κ3) is 6.09. The lowest BCUT2D eigenvalue weighted by molar-refractivity contribution is -0.147. The highest BCUT2D eigenvalue weighted by Crippen LogP contribution is 2.26. The fourth-order valence-corrected chi connectivity index (χ4v) is 2.83. The number of carbonyl (C=O) groups is 2. The van der Waals surface area contributed by atoms with Crippen LogP contribution >= 0.6 is 11.6 Å². The maximum Gasteiger partial charge on any atom is 0.409 e. The van der Waals surface area contributed by atoms with Crippen molar-refractivity contribution in [3.63, 3.8) is 0 Å². The number of alkyl carbamates (subject to hydrolysis) is 1. The summed E-state index contributed by atoms with van der Waals surface area (Å²) >= 11 is 6.04. The fourth-order valence-electron chi connectivity index (χ4n) is 2.69. The van der Waals surface area contributed by atoms with Crippen LogP contribution in [0.25, 0.3) is 0 Å². The van der Waals surface area contributed by atoms with Gasteiger partial charge in [-0.25, -0.2) is 9.59 Å². The largest absolute Gasteiger partial charge is 0.450 e. The molecule has 1 atom stereocenters. The molecule has 0 aliphatic carbocycles. The van der Waals surface area contributed by atoms with E-state index in [0.717, 1.165) is 16.7 Å². The standard InChI is InChI=1S/C23H20ClNO4/c24-21(25-23(27)28-16-17-10-4-1-5-11-17)22(26)29-20(18-12-6-2-7-13-18)19-14-8-3-9-15-19/h1-15,20-21H,16H2,(H,25,27). The Kier molecular flexibility index (Phi) is 7.25. The monoisotopic (exact) mass is 409 g/mol. The molecule has 0 saturated carbocycles. The van der Waals surface area contributed by atoms with Crippen molar-refractivity contribution in [2.75, 3.05) is 0 Å². The van der Waals surface area contributed by atoms with Crippen LogP contribution in [0.5, 0.6) is 0 Å². The molecule has 0 bridgehead atoms. The van der Waals surface area contributed by atoms with Crippen LogP contribution in [-0.4, -0.2) is 17.6 Å². The SMILES string of the molecule is O=C(NC(Cl)C(=O)OC(c1ccccc1)c1ccccc1)OCc1ccccc1. The van der Waals surface area contributed by atoms with E-state index in [1.165, 1.54) is 0 Å². The lowest BCUT2D eigenvalue weighted by atomic mass is 10.0. The van der Waals surface area contributed by atoms with Crippen molar-refractivity contribution in [1.29, 1.82) is 0 Å². The third-order valence-electron chi connectivity index (χ3n) is 4.10. The molecule has 148 valence electrons. The highest BCUT2D eigenvalue weighted by atomic mass is 35.5. The van der Waals surface area contributed by atoms with Gasteiger partial charge in [-0.15, -0.1) is 0 Å². The molecule has 0 saturated heterocycles. The molecule has 0 heterocycles. The molecule has 5 nitrogen and oxygen atoms in total. The summed E-state index contributed by atoms with van der Waals surface area (Å²) in [6, 6.07) is 27.8. The zero-order valence-corrected chi connectivity index (χ0v) is 16.3. The van der Waals surface area contributed by atoms with Gasteiger partial charge in [0.1, 0.15) is 6.61 Å². The summed E-state index contributed by atoms with van der Waals surface area (Å²) in [7, 11) is 0. The minimum Gasteiger partial charge on any atom is -0.450 e. The Bertz CT molecular complexity index is 880. The molecule has 0 aliphatic heterocycles. The van der Waals surface area contributed by atoms with Gasteiger partial charge in [0, 0.05) is 0 Å². The lowest BCUT2D eigenvalue weighted by Gasteiger charge is -2.20. The van der Waals surface area contributed by atoms with Crippen molar-refractivity contribution in [3.05, 3.63) is 108 Å². The van der Waals surface area contributed by atoms with Crippen LogP contribution in [0.15, 0.2) is 91.0 Å². The molecule has 1 unspecified atom stereocenters. The van der Waals surface area contributed by atoms with Crippen molar-refractivity contribution in [1.82, 2.24) is 5.32 Å². The zero-order chi connectivity index (χ0) is 20.5. The summed E-state index contributed by atoms with van der Waals surface area (Å²) < 4.78 is 10.7. The van der Waals surface area contributed by atoms with E-state index in [1.807, 2.05) is 91.0 Å². The van der Waals surface area contributed by atoms with Gasteiger partial charge in [-0.2, -0.15) is 0 Å². The van der Waals surface area contributed by atoms with E-state index in [0.29, 0.717) is 0 Å². The van der Waals surface area contributed by atoms with Gasteiger partial charge in [0.2, 0.25) is 5.50 Å². The summed E-state index contributed by atoms with van der Waals surface area (Å²) in [6.07, 6.45) is -1.45. The smallest absolute Gasteiger partial charge is 0.409 e. The first-order valence-corrected chi connectivity index (χ1v) is 9.49. The summed E-state index contributed by atoms with van der Waals surface area (Å²) in [5.41, 5.74) is 1.03. The normalized spacial score (nSPS) is 11.5. The molecule has 0 radical (unpaired) electrons. The van der Waals surface area contributed by atoms with E-state index in [4.69, 9.17) is 21.1 Å². The lowest BCUT2D eigenvalue weighted by Crippen LogP contribution is -2.38. The van der Waals surface area contributed by atoms with E-state index < -0.39 is 23.7 Å². The number of hydrogen-bond acceptors (Lipinski definition) is 4. The van der Waals surface area contributed by atoms with Gasteiger partial charge in [-0.1, -0.05) is 103 Å². The zero-order valence-electron chi connectivity index (χ0n) is 15.5. The third-order valence-corrected chi connectivity index (χ3v) is 4.39. The van der Waals surface area contributed by atoms with Crippen molar-refractivity contribution >= 4 is 23.7 Å². The number of benzene rings is 3. The number of amides is 1. The van der Waals surface area contributed by atoms with Crippen molar-refractivity contribution in [2.24, 2.45) is 0 Å². The number of alkyl halides is 1. The quantitative estimate of drug-likeness (QED) is 0.345. The summed E-state index contributed by atoms with van der Waals surface area (Å²) in [6.45, 7) is 0.0714. The Hall–Kier alpha value is -3.31. The second kappa shape index (κ2) is 10.3. The molecule has 1 N–H and O–H groups in total. The van der Waals surface area contributed by atoms with E-state index >= 15 is 0 Å². The van der Waals surface area contributed by atoms with Gasteiger partial charge in [0.05, 0.1) is 0 Å². The second-order valence-electron chi connectivity index (χ2n) is 6.21. The Labute approximate surface area is 174 Å². The number of esters is 1. The summed E-state index contributed by atoms with van der Waals surface area (Å²) in [4.78, 5) is 24.4. The highest BCUT2D eigenvalue weighted by Gasteiger charge is 2.25. The Morgan fingerprint density at radius 1 is 0.793 bits per heavy atom. The van der Waals surface area contributed by atoms with Gasteiger partial charge in [-0.05, 0) is 16.7 Å². The minimum absolute atomic E-state index is 0.0714. The number of rotatable bonds is 7. The first kappa shape index (κ1) is 20.4. The average molecular weight is 410 g/mol. The number of hydrogen-bond donors (Lipinski definition) is 1. The van der Waals surface area contributed by atoms with Crippen LogP contribution in [-0.2, 0) is 20.9 Å². The molecule has 0 aromatic heterocycles. The van der Waals surface area contributed by atoms with Crippen molar-refractivity contribution in [2.45, 2.75) is 18.2 Å². The second-order valence-corrected chi connectivity index (χ2v) is 6.64. The van der Waals surface area contributed by atoms with Crippen LogP contribution in [0.3, 0.4) is 0 Å². The van der Waals surface area contributed by atoms with Crippen molar-refractivity contribution in [3.8, 4) is 0 Å². The molecule has 3 aromatic rings. The van der Waals surface area contributed by atoms with Gasteiger partial charge in [0.25, 0.3) is 0 Å². The van der Waals surface area contributed by atoms with Crippen LogP contribution in [0.4, 0.5) is 4.79 Å². The van der Waals surface area contributed by atoms with E-state index in [-0.39, 0.29) is 6.61 Å². The average Bonchev–Trinajstić information content (AvgIpc) is 2.77. The van der Waals surface area contributed by atoms with Gasteiger partial charge in [0.15, 0.2) is 6.10 Å². The van der Waals surface area contributed by atoms with Crippen LogP contribution in [0.2, 0.25) is 0 Å².